The van der Waals surface area contributed by atoms with Crippen molar-refractivity contribution in [1.29, 1.82) is 0 Å². The summed E-state index contributed by atoms with van der Waals surface area (Å²) in [6.07, 6.45) is 0.0363. The van der Waals surface area contributed by atoms with Crippen LogP contribution in [0.3, 0.4) is 0 Å². The number of methoxy groups -OCH3 is 1. The second-order valence-electron chi connectivity index (χ2n) is 5.80. The number of carbonyl (C=O) groups excluding carboxylic acids is 2. The first-order chi connectivity index (χ1) is 12.8. The van der Waals surface area contributed by atoms with Gasteiger partial charge >= 0.3 is 0 Å². The highest BCUT2D eigenvalue weighted by Crippen LogP contribution is 2.25. The van der Waals surface area contributed by atoms with Gasteiger partial charge in [0, 0.05) is 18.6 Å². The number of hydrogen-bond donors (Lipinski definition) is 2. The molecule has 2 rings (SSSR count). The van der Waals surface area contributed by atoms with Gasteiger partial charge in [-0.05, 0) is 23.3 Å². The van der Waals surface area contributed by atoms with E-state index in [4.69, 9.17) is 22.1 Å². The molecule has 0 spiro atoms. The molecule has 0 aliphatic carbocycles. The van der Waals surface area contributed by atoms with Crippen LogP contribution in [0.25, 0.3) is 0 Å². The van der Waals surface area contributed by atoms with E-state index in [0.29, 0.717) is 21.9 Å². The molecule has 9 heteroatoms. The molecule has 0 radical (unpaired) electrons. The highest BCUT2D eigenvalue weighted by molar-refractivity contribution is 6.32. The van der Waals surface area contributed by atoms with Crippen LogP contribution >= 0.6 is 11.6 Å². The number of primary amides is 1. The third-order valence-corrected chi connectivity index (χ3v) is 4.12. The number of ether oxygens (including phenoxy) is 1. The van der Waals surface area contributed by atoms with Crippen molar-refractivity contribution in [2.45, 2.75) is 18.9 Å². The summed E-state index contributed by atoms with van der Waals surface area (Å²) in [5, 5.41) is 13.7. The lowest BCUT2D eigenvalue weighted by atomic mass is 10.0. The van der Waals surface area contributed by atoms with Crippen molar-refractivity contribution in [3.8, 4) is 5.75 Å². The van der Waals surface area contributed by atoms with Gasteiger partial charge in [-0.2, -0.15) is 0 Å². The average molecular weight is 392 g/mol. The molecule has 0 aliphatic heterocycles. The van der Waals surface area contributed by atoms with Gasteiger partial charge in [0.1, 0.15) is 11.8 Å². The first kappa shape index (κ1) is 20.2. The zero-order chi connectivity index (χ0) is 20.0. The Morgan fingerprint density at radius 2 is 2.00 bits per heavy atom. The Morgan fingerprint density at radius 3 is 2.59 bits per heavy atom. The van der Waals surface area contributed by atoms with Crippen LogP contribution in [0.15, 0.2) is 42.5 Å². The first-order valence-corrected chi connectivity index (χ1v) is 8.32. The Morgan fingerprint density at radius 1 is 1.26 bits per heavy atom. The fraction of sp³-hybridized carbons (Fsp3) is 0.222. The summed E-state index contributed by atoms with van der Waals surface area (Å²) in [7, 11) is 1.49. The lowest BCUT2D eigenvalue weighted by molar-refractivity contribution is -0.384. The van der Waals surface area contributed by atoms with Crippen molar-refractivity contribution in [2.24, 2.45) is 5.73 Å². The number of halogens is 1. The minimum atomic E-state index is -0.944. The maximum absolute atomic E-state index is 12.2. The van der Waals surface area contributed by atoms with Crippen molar-refractivity contribution in [2.75, 3.05) is 7.11 Å². The number of amides is 2. The number of carbonyl (C=O) groups is 2. The van der Waals surface area contributed by atoms with Gasteiger partial charge < -0.3 is 15.8 Å². The van der Waals surface area contributed by atoms with Gasteiger partial charge in [-0.15, -0.1) is 0 Å². The average Bonchev–Trinajstić information content (AvgIpc) is 2.61. The van der Waals surface area contributed by atoms with E-state index in [2.05, 4.69) is 5.32 Å². The zero-order valence-corrected chi connectivity index (χ0v) is 15.2. The standard InChI is InChI=1S/C18H18ClN3O5/c1-27-16-6-5-12(8-14(16)19)9-15(18(20)24)21-17(23)10-11-3-2-4-13(7-11)22(25)26/h2-8,15H,9-10H2,1H3,(H2,20,24)(H,21,23)/t15-/m0/s1. The molecule has 2 aromatic carbocycles. The zero-order valence-electron chi connectivity index (χ0n) is 14.5. The maximum Gasteiger partial charge on any atom is 0.269 e. The van der Waals surface area contributed by atoms with Gasteiger partial charge in [0.25, 0.3) is 5.69 Å². The van der Waals surface area contributed by atoms with Crippen molar-refractivity contribution >= 4 is 29.1 Å². The van der Waals surface area contributed by atoms with Crippen LogP contribution < -0.4 is 15.8 Å². The molecule has 2 amide bonds. The van der Waals surface area contributed by atoms with Crippen molar-refractivity contribution in [3.05, 3.63) is 68.7 Å². The van der Waals surface area contributed by atoms with Crippen LogP contribution in [0.4, 0.5) is 5.69 Å². The topological polar surface area (TPSA) is 125 Å². The SMILES string of the molecule is COc1ccc(C[C@H](NC(=O)Cc2cccc([N+](=O)[O-])c2)C(N)=O)cc1Cl. The largest absolute Gasteiger partial charge is 0.495 e. The monoisotopic (exact) mass is 391 g/mol. The molecule has 0 saturated carbocycles. The lowest BCUT2D eigenvalue weighted by Gasteiger charge is -2.16. The van der Waals surface area contributed by atoms with Crippen LogP contribution in [0.5, 0.6) is 5.75 Å². The Bertz CT molecular complexity index is 872. The number of nitrogens with zero attached hydrogens (tertiary/aromatic N) is 1. The molecule has 0 bridgehead atoms. The molecule has 2 aromatic rings. The maximum atomic E-state index is 12.2. The Balaban J connectivity index is 2.06. The molecule has 1 atom stereocenters. The number of benzene rings is 2. The van der Waals surface area contributed by atoms with E-state index in [1.807, 2.05) is 0 Å². The fourth-order valence-corrected chi connectivity index (χ4v) is 2.79. The van der Waals surface area contributed by atoms with E-state index < -0.39 is 22.8 Å². The minimum Gasteiger partial charge on any atom is -0.495 e. The smallest absolute Gasteiger partial charge is 0.269 e. The molecule has 3 N–H and O–H groups in total. The van der Waals surface area contributed by atoms with E-state index in [0.717, 1.165) is 0 Å². The van der Waals surface area contributed by atoms with Gasteiger partial charge in [-0.25, -0.2) is 0 Å². The van der Waals surface area contributed by atoms with Crippen LogP contribution in [0.1, 0.15) is 11.1 Å². The number of nitrogens with two attached hydrogens (primary N) is 1. The van der Waals surface area contributed by atoms with E-state index in [1.54, 1.807) is 24.3 Å². The highest BCUT2D eigenvalue weighted by Gasteiger charge is 2.20. The molecule has 0 fully saturated rings. The van der Waals surface area contributed by atoms with Crippen LogP contribution in [-0.4, -0.2) is 29.9 Å². The lowest BCUT2D eigenvalue weighted by Crippen LogP contribution is -2.46. The molecule has 27 heavy (non-hydrogen) atoms. The van der Waals surface area contributed by atoms with Gasteiger partial charge in [-0.1, -0.05) is 29.8 Å². The van der Waals surface area contributed by atoms with Crippen molar-refractivity contribution < 1.29 is 19.2 Å². The Hall–Kier alpha value is -3.13. The Labute approximate surface area is 160 Å². The van der Waals surface area contributed by atoms with Gasteiger partial charge in [-0.3, -0.25) is 19.7 Å². The normalized spacial score (nSPS) is 11.5. The molecule has 0 aromatic heterocycles. The quantitative estimate of drug-likeness (QED) is 0.526. The van der Waals surface area contributed by atoms with E-state index in [1.165, 1.54) is 25.3 Å². The first-order valence-electron chi connectivity index (χ1n) is 7.94. The van der Waals surface area contributed by atoms with E-state index >= 15 is 0 Å². The summed E-state index contributed by atoms with van der Waals surface area (Å²) in [6, 6.07) is 9.78. The predicted octanol–water partition coefficient (Wildman–Crippen LogP) is 2.01. The summed E-state index contributed by atoms with van der Waals surface area (Å²) in [6.45, 7) is 0. The molecule has 0 unspecified atom stereocenters. The number of hydrogen-bond acceptors (Lipinski definition) is 5. The number of nitro benzene ring substituents is 1. The second-order valence-corrected chi connectivity index (χ2v) is 6.21. The van der Waals surface area contributed by atoms with Crippen molar-refractivity contribution in [3.63, 3.8) is 0 Å². The summed E-state index contributed by atoms with van der Waals surface area (Å²) in [4.78, 5) is 34.2. The van der Waals surface area contributed by atoms with Crippen molar-refractivity contribution in [1.82, 2.24) is 5.32 Å². The van der Waals surface area contributed by atoms with Gasteiger partial charge in [0.05, 0.1) is 23.5 Å². The van der Waals surface area contributed by atoms with E-state index in [9.17, 15) is 19.7 Å². The van der Waals surface area contributed by atoms with Crippen LogP contribution in [-0.2, 0) is 22.4 Å². The van der Waals surface area contributed by atoms with E-state index in [-0.39, 0.29) is 18.5 Å². The third kappa shape index (κ3) is 5.68. The molecule has 0 aliphatic rings. The summed E-state index contributed by atoms with van der Waals surface area (Å²) >= 11 is 6.06. The summed E-state index contributed by atoms with van der Waals surface area (Å²) in [5.74, 6) is -0.681. The van der Waals surface area contributed by atoms with Gasteiger partial charge in [0.2, 0.25) is 11.8 Å². The number of non-ortho nitro benzene ring substituents is 1. The molecule has 142 valence electrons. The molecule has 0 saturated heterocycles. The van der Waals surface area contributed by atoms with Crippen LogP contribution in [0.2, 0.25) is 5.02 Å². The van der Waals surface area contributed by atoms with Gasteiger partial charge in [0.15, 0.2) is 0 Å². The number of rotatable bonds is 8. The Kier molecular flexibility index (Phi) is 6.73. The molecule has 8 nitrogen and oxygen atoms in total. The fourth-order valence-electron chi connectivity index (χ4n) is 2.51. The highest BCUT2D eigenvalue weighted by atomic mass is 35.5. The summed E-state index contributed by atoms with van der Waals surface area (Å²) in [5.41, 5.74) is 6.42. The minimum absolute atomic E-state index is 0.111. The number of nitro groups is 1. The molecule has 0 heterocycles. The van der Waals surface area contributed by atoms with Crippen LogP contribution in [0, 0.1) is 10.1 Å². The summed E-state index contributed by atoms with van der Waals surface area (Å²) < 4.78 is 5.07. The predicted molar refractivity (Wildman–Crippen MR) is 99.6 cm³/mol. The molecular weight excluding hydrogens is 374 g/mol. The third-order valence-electron chi connectivity index (χ3n) is 3.82. The second kappa shape index (κ2) is 9.00. The molecular formula is C18H18ClN3O5. The number of nitrogens with one attached hydrogen (secondary N) is 1.